The van der Waals surface area contributed by atoms with Crippen molar-refractivity contribution in [2.75, 3.05) is 0 Å². The molecule has 0 amide bonds. The highest BCUT2D eigenvalue weighted by molar-refractivity contribution is 6.32. The number of aliphatic hydroxyl groups is 1. The number of fused-ring (bicyclic) bond motifs is 3. The number of hydrogen-bond acceptors (Lipinski definition) is 1. The fourth-order valence-electron chi connectivity index (χ4n) is 2.20. The first-order chi connectivity index (χ1) is 7.27. The number of hydrogen-bond donors (Lipinski definition) is 1. The van der Waals surface area contributed by atoms with Crippen molar-refractivity contribution >= 4 is 13.3 Å². The lowest BCUT2D eigenvalue weighted by Gasteiger charge is -2.05. The Morgan fingerprint density at radius 3 is 2.53 bits per heavy atom. The van der Waals surface area contributed by atoms with Crippen molar-refractivity contribution < 1.29 is 5.11 Å². The third kappa shape index (κ3) is 1.15. The molecular formula is C13H9BO. The summed E-state index contributed by atoms with van der Waals surface area (Å²) < 4.78 is 0. The Labute approximate surface area is 89.8 Å². The van der Waals surface area contributed by atoms with Crippen LogP contribution in [0.2, 0.25) is 0 Å². The van der Waals surface area contributed by atoms with Crippen molar-refractivity contribution in [3.63, 3.8) is 0 Å². The summed E-state index contributed by atoms with van der Waals surface area (Å²) in [5.74, 6) is 0. The Morgan fingerprint density at radius 2 is 1.67 bits per heavy atom. The molecule has 0 saturated heterocycles. The molecule has 2 aromatic carbocycles. The van der Waals surface area contributed by atoms with Gasteiger partial charge in [0.15, 0.2) is 0 Å². The van der Waals surface area contributed by atoms with E-state index < -0.39 is 6.10 Å². The van der Waals surface area contributed by atoms with Crippen LogP contribution in [-0.4, -0.2) is 13.0 Å². The number of aliphatic hydroxyl groups excluding tert-OH is 1. The first-order valence-corrected chi connectivity index (χ1v) is 4.94. The first kappa shape index (κ1) is 8.75. The van der Waals surface area contributed by atoms with E-state index in [-0.39, 0.29) is 0 Å². The molecule has 1 unspecified atom stereocenters. The third-order valence-electron chi connectivity index (χ3n) is 2.92. The Bertz CT molecular complexity index is 534. The molecule has 0 aliphatic heterocycles. The minimum absolute atomic E-state index is 0.528. The van der Waals surface area contributed by atoms with Crippen molar-refractivity contribution in [2.45, 2.75) is 6.10 Å². The van der Waals surface area contributed by atoms with E-state index in [0.717, 1.165) is 22.3 Å². The Hall–Kier alpha value is -1.54. The maximum absolute atomic E-state index is 10.1. The smallest absolute Gasteiger partial charge is 0.113 e. The molecule has 0 spiro atoms. The molecule has 70 valence electrons. The predicted molar refractivity (Wildman–Crippen MR) is 61.3 cm³/mol. The van der Waals surface area contributed by atoms with Crippen molar-refractivity contribution in [1.29, 1.82) is 0 Å². The molecule has 2 radical (unpaired) electrons. The van der Waals surface area contributed by atoms with Gasteiger partial charge in [-0.3, -0.25) is 0 Å². The van der Waals surface area contributed by atoms with Crippen LogP contribution in [0.4, 0.5) is 0 Å². The van der Waals surface area contributed by atoms with E-state index in [0.29, 0.717) is 5.46 Å². The van der Waals surface area contributed by atoms with Crippen LogP contribution in [0, 0.1) is 0 Å². The van der Waals surface area contributed by atoms with Gasteiger partial charge in [0.25, 0.3) is 0 Å². The summed E-state index contributed by atoms with van der Waals surface area (Å²) in [4.78, 5) is 0. The monoisotopic (exact) mass is 192 g/mol. The van der Waals surface area contributed by atoms with E-state index in [1.54, 1.807) is 0 Å². The maximum atomic E-state index is 10.1. The summed E-state index contributed by atoms with van der Waals surface area (Å²) in [7, 11) is 5.72. The number of benzene rings is 2. The zero-order valence-electron chi connectivity index (χ0n) is 8.14. The zero-order valence-corrected chi connectivity index (χ0v) is 8.14. The van der Waals surface area contributed by atoms with Gasteiger partial charge in [0.1, 0.15) is 14.0 Å². The molecular weight excluding hydrogens is 183 g/mol. The van der Waals surface area contributed by atoms with Crippen LogP contribution in [0.1, 0.15) is 17.2 Å². The Morgan fingerprint density at radius 1 is 0.933 bits per heavy atom. The SMILES string of the molecule is [B]c1ccc2c(c1)C(O)c1ccccc1-2. The van der Waals surface area contributed by atoms with Gasteiger partial charge in [0.2, 0.25) is 0 Å². The molecule has 3 rings (SSSR count). The average Bonchev–Trinajstić information content (AvgIpc) is 2.54. The van der Waals surface area contributed by atoms with Gasteiger partial charge in [0, 0.05) is 0 Å². The lowest BCUT2D eigenvalue weighted by molar-refractivity contribution is 0.225. The third-order valence-corrected chi connectivity index (χ3v) is 2.92. The van der Waals surface area contributed by atoms with E-state index in [2.05, 4.69) is 0 Å². The topological polar surface area (TPSA) is 20.2 Å². The second-order valence-corrected chi connectivity index (χ2v) is 3.84. The quantitative estimate of drug-likeness (QED) is 0.627. The molecule has 1 atom stereocenters. The van der Waals surface area contributed by atoms with Crippen LogP contribution in [-0.2, 0) is 0 Å². The number of rotatable bonds is 0. The van der Waals surface area contributed by atoms with Gasteiger partial charge >= 0.3 is 0 Å². The molecule has 1 N–H and O–H groups in total. The van der Waals surface area contributed by atoms with E-state index in [1.807, 2.05) is 42.5 Å². The van der Waals surface area contributed by atoms with E-state index in [4.69, 9.17) is 7.85 Å². The normalized spacial score (nSPS) is 17.3. The van der Waals surface area contributed by atoms with Gasteiger partial charge in [0.05, 0.1) is 0 Å². The molecule has 1 nitrogen and oxygen atoms in total. The zero-order chi connectivity index (χ0) is 10.4. The van der Waals surface area contributed by atoms with Crippen LogP contribution in [0.15, 0.2) is 42.5 Å². The molecule has 15 heavy (non-hydrogen) atoms. The largest absolute Gasteiger partial charge is 0.384 e. The Kier molecular flexibility index (Phi) is 1.74. The van der Waals surface area contributed by atoms with Crippen molar-refractivity contribution in [3.8, 4) is 11.1 Å². The molecule has 2 heteroatoms. The summed E-state index contributed by atoms with van der Waals surface area (Å²) >= 11 is 0. The molecule has 1 aliphatic carbocycles. The predicted octanol–water partition coefficient (Wildman–Crippen LogP) is 1.54. The molecule has 0 bridgehead atoms. The van der Waals surface area contributed by atoms with Crippen molar-refractivity contribution in [2.24, 2.45) is 0 Å². The van der Waals surface area contributed by atoms with Gasteiger partial charge in [-0.1, -0.05) is 47.9 Å². The van der Waals surface area contributed by atoms with Crippen LogP contribution < -0.4 is 5.46 Å². The lowest BCUT2D eigenvalue weighted by atomic mass is 9.92. The summed E-state index contributed by atoms with van der Waals surface area (Å²) in [6, 6.07) is 13.6. The highest BCUT2D eigenvalue weighted by atomic mass is 16.3. The van der Waals surface area contributed by atoms with E-state index in [9.17, 15) is 5.11 Å². The van der Waals surface area contributed by atoms with Crippen LogP contribution in [0.25, 0.3) is 11.1 Å². The van der Waals surface area contributed by atoms with Gasteiger partial charge in [-0.15, -0.1) is 0 Å². The maximum Gasteiger partial charge on any atom is 0.113 e. The summed E-state index contributed by atoms with van der Waals surface area (Å²) in [5, 5.41) is 10.1. The molecule has 0 fully saturated rings. The average molecular weight is 192 g/mol. The van der Waals surface area contributed by atoms with Crippen LogP contribution >= 0.6 is 0 Å². The first-order valence-electron chi connectivity index (χ1n) is 4.94. The summed E-state index contributed by atoms with van der Waals surface area (Å²) in [6.45, 7) is 0. The van der Waals surface area contributed by atoms with Crippen molar-refractivity contribution in [3.05, 3.63) is 53.6 Å². The molecule has 1 aliphatic rings. The van der Waals surface area contributed by atoms with Gasteiger partial charge in [-0.2, -0.15) is 0 Å². The fraction of sp³-hybridized carbons (Fsp3) is 0.0769. The Balaban J connectivity index is 2.32. The standard InChI is InChI=1S/C13H9BO/c14-8-5-6-10-9-3-1-2-4-11(9)13(15)12(10)7-8/h1-7,13,15H. The van der Waals surface area contributed by atoms with Crippen LogP contribution in [0.3, 0.4) is 0 Å². The fourth-order valence-corrected chi connectivity index (χ4v) is 2.20. The van der Waals surface area contributed by atoms with Crippen LogP contribution in [0.5, 0.6) is 0 Å². The minimum atomic E-state index is -0.528. The summed E-state index contributed by atoms with van der Waals surface area (Å²) in [6.07, 6.45) is -0.528. The highest BCUT2D eigenvalue weighted by Crippen LogP contribution is 2.42. The second kappa shape index (κ2) is 2.98. The van der Waals surface area contributed by atoms with Crippen molar-refractivity contribution in [1.82, 2.24) is 0 Å². The second-order valence-electron chi connectivity index (χ2n) is 3.84. The summed E-state index contributed by atoms with van der Waals surface area (Å²) in [5.41, 5.74) is 4.78. The van der Waals surface area contributed by atoms with Gasteiger partial charge < -0.3 is 5.11 Å². The molecule has 0 saturated carbocycles. The van der Waals surface area contributed by atoms with E-state index in [1.165, 1.54) is 0 Å². The highest BCUT2D eigenvalue weighted by Gasteiger charge is 2.25. The molecule has 0 heterocycles. The lowest BCUT2D eigenvalue weighted by Crippen LogP contribution is -2.04. The van der Waals surface area contributed by atoms with Gasteiger partial charge in [-0.05, 0) is 22.3 Å². The minimum Gasteiger partial charge on any atom is -0.384 e. The molecule has 2 aromatic rings. The van der Waals surface area contributed by atoms with E-state index >= 15 is 0 Å². The van der Waals surface area contributed by atoms with Gasteiger partial charge in [-0.25, -0.2) is 0 Å². The molecule has 0 aromatic heterocycles.